The Labute approximate surface area is 176 Å². The molecule has 1 aliphatic heterocycles. The second-order valence-electron chi connectivity index (χ2n) is 7.49. The number of amides is 1. The van der Waals surface area contributed by atoms with Gasteiger partial charge in [-0.15, -0.1) is 0 Å². The molecule has 3 heterocycles. The number of furan rings is 1. The number of nitrogens with zero attached hydrogens (tertiary/aromatic N) is 4. The lowest BCUT2D eigenvalue weighted by molar-refractivity contribution is -0.137. The average Bonchev–Trinajstić information content (AvgIpc) is 3.33. The minimum atomic E-state index is -4.44. The van der Waals surface area contributed by atoms with E-state index in [1.807, 2.05) is 0 Å². The fraction of sp³-hybridized carbons (Fsp3) is 0.381. The Morgan fingerprint density at radius 1 is 1.13 bits per heavy atom. The van der Waals surface area contributed by atoms with Gasteiger partial charge in [0.15, 0.2) is 0 Å². The molecule has 4 rings (SSSR count). The molecule has 0 spiro atoms. The van der Waals surface area contributed by atoms with Crippen LogP contribution in [0.4, 0.5) is 13.2 Å². The van der Waals surface area contributed by atoms with E-state index >= 15 is 0 Å². The molecule has 164 valence electrons. The van der Waals surface area contributed by atoms with Crippen molar-refractivity contribution in [1.29, 1.82) is 0 Å². The van der Waals surface area contributed by atoms with Crippen LogP contribution < -0.4 is 0 Å². The molecule has 10 heteroatoms. The first-order chi connectivity index (χ1) is 14.7. The number of carbonyl (C=O) groups excluding carboxylic acids is 1. The highest BCUT2D eigenvalue weighted by Gasteiger charge is 2.31. The molecule has 0 saturated carbocycles. The summed E-state index contributed by atoms with van der Waals surface area (Å²) in [4.78, 5) is 20.7. The standard InChI is InChI=1S/C21H21F3N4O3/c1-13-10-17(14(2)30-13)20(29)28-8-6-27(7-9-28)12-18-25-19(26-31-18)15-4-3-5-16(11-15)21(22,23)24/h3-5,10-11H,6-9,12H2,1-2H3. The number of aryl methyl sites for hydroxylation is 2. The van der Waals surface area contributed by atoms with Crippen LogP contribution in [0.15, 0.2) is 39.3 Å². The van der Waals surface area contributed by atoms with E-state index in [2.05, 4.69) is 15.0 Å². The molecule has 7 nitrogen and oxygen atoms in total. The van der Waals surface area contributed by atoms with Crippen LogP contribution in [0.3, 0.4) is 0 Å². The van der Waals surface area contributed by atoms with Crippen molar-refractivity contribution in [3.8, 4) is 11.4 Å². The maximum atomic E-state index is 12.9. The van der Waals surface area contributed by atoms with Crippen LogP contribution in [0.2, 0.25) is 0 Å². The first-order valence-electron chi connectivity index (χ1n) is 9.79. The summed E-state index contributed by atoms with van der Waals surface area (Å²) >= 11 is 0. The number of benzene rings is 1. The lowest BCUT2D eigenvalue weighted by atomic mass is 10.1. The average molecular weight is 434 g/mol. The Morgan fingerprint density at radius 2 is 1.87 bits per heavy atom. The molecule has 1 aromatic carbocycles. The van der Waals surface area contributed by atoms with Gasteiger partial charge >= 0.3 is 6.18 Å². The van der Waals surface area contributed by atoms with Gasteiger partial charge in [-0.3, -0.25) is 9.69 Å². The number of alkyl halides is 3. The van der Waals surface area contributed by atoms with E-state index < -0.39 is 11.7 Å². The Balaban J connectivity index is 1.36. The largest absolute Gasteiger partial charge is 0.466 e. The van der Waals surface area contributed by atoms with Gasteiger partial charge in [-0.2, -0.15) is 18.2 Å². The Bertz CT molecular complexity index is 1080. The predicted molar refractivity (Wildman–Crippen MR) is 104 cm³/mol. The molecule has 0 bridgehead atoms. The van der Waals surface area contributed by atoms with Gasteiger partial charge in [0.2, 0.25) is 11.7 Å². The van der Waals surface area contributed by atoms with Crippen LogP contribution in [-0.2, 0) is 12.7 Å². The minimum absolute atomic E-state index is 0.0568. The first-order valence-corrected chi connectivity index (χ1v) is 9.79. The van der Waals surface area contributed by atoms with Gasteiger partial charge in [0, 0.05) is 31.7 Å². The number of piperazine rings is 1. The predicted octanol–water partition coefficient (Wildman–Crippen LogP) is 3.92. The molecule has 1 fully saturated rings. The lowest BCUT2D eigenvalue weighted by Gasteiger charge is -2.33. The number of hydrogen-bond donors (Lipinski definition) is 0. The molecular weight excluding hydrogens is 413 g/mol. The summed E-state index contributed by atoms with van der Waals surface area (Å²) in [5.41, 5.74) is 0.0554. The van der Waals surface area contributed by atoms with E-state index in [0.717, 1.165) is 12.1 Å². The van der Waals surface area contributed by atoms with Gasteiger partial charge in [0.05, 0.1) is 17.7 Å². The summed E-state index contributed by atoms with van der Waals surface area (Å²) in [5, 5.41) is 3.81. The van der Waals surface area contributed by atoms with Crippen LogP contribution in [0.25, 0.3) is 11.4 Å². The third-order valence-corrected chi connectivity index (χ3v) is 5.21. The highest BCUT2D eigenvalue weighted by atomic mass is 19.4. The van der Waals surface area contributed by atoms with Crippen molar-refractivity contribution >= 4 is 5.91 Å². The van der Waals surface area contributed by atoms with E-state index in [0.29, 0.717) is 55.7 Å². The third-order valence-electron chi connectivity index (χ3n) is 5.21. The molecule has 1 amide bonds. The number of carbonyl (C=O) groups is 1. The molecule has 31 heavy (non-hydrogen) atoms. The summed E-state index contributed by atoms with van der Waals surface area (Å²) in [6.45, 7) is 6.24. The molecule has 1 aliphatic rings. The first kappa shape index (κ1) is 21.1. The second-order valence-corrected chi connectivity index (χ2v) is 7.49. The van der Waals surface area contributed by atoms with Gasteiger partial charge in [-0.25, -0.2) is 0 Å². The number of rotatable bonds is 4. The van der Waals surface area contributed by atoms with Crippen LogP contribution in [0, 0.1) is 13.8 Å². The van der Waals surface area contributed by atoms with Crippen molar-refractivity contribution in [2.75, 3.05) is 26.2 Å². The number of halogens is 3. The molecule has 0 N–H and O–H groups in total. The zero-order valence-electron chi connectivity index (χ0n) is 17.1. The van der Waals surface area contributed by atoms with Gasteiger partial charge in [-0.1, -0.05) is 17.3 Å². The van der Waals surface area contributed by atoms with Crippen molar-refractivity contribution < 1.29 is 26.9 Å². The number of hydrogen-bond acceptors (Lipinski definition) is 6. The highest BCUT2D eigenvalue weighted by molar-refractivity contribution is 5.95. The lowest BCUT2D eigenvalue weighted by Crippen LogP contribution is -2.48. The van der Waals surface area contributed by atoms with E-state index in [-0.39, 0.29) is 17.3 Å². The molecule has 3 aromatic rings. The maximum absolute atomic E-state index is 12.9. The van der Waals surface area contributed by atoms with E-state index in [4.69, 9.17) is 8.94 Å². The minimum Gasteiger partial charge on any atom is -0.466 e. The second kappa shape index (κ2) is 8.18. The Hall–Kier alpha value is -3.14. The molecular formula is C21H21F3N4O3. The van der Waals surface area contributed by atoms with Crippen molar-refractivity contribution in [1.82, 2.24) is 19.9 Å². The highest BCUT2D eigenvalue weighted by Crippen LogP contribution is 2.31. The summed E-state index contributed by atoms with van der Waals surface area (Å²) in [6.07, 6.45) is -4.44. The Kier molecular flexibility index (Phi) is 5.57. The van der Waals surface area contributed by atoms with Gasteiger partial charge in [0.1, 0.15) is 11.5 Å². The topological polar surface area (TPSA) is 75.6 Å². The molecule has 0 unspecified atom stereocenters. The normalized spacial score (nSPS) is 15.5. The Morgan fingerprint density at radius 3 is 2.52 bits per heavy atom. The molecule has 0 radical (unpaired) electrons. The molecule has 0 atom stereocenters. The van der Waals surface area contributed by atoms with Crippen molar-refractivity contribution in [2.24, 2.45) is 0 Å². The van der Waals surface area contributed by atoms with Crippen LogP contribution in [0.1, 0.15) is 33.3 Å². The molecule has 2 aromatic heterocycles. The smallest absolute Gasteiger partial charge is 0.416 e. The van der Waals surface area contributed by atoms with E-state index in [1.54, 1.807) is 24.8 Å². The summed E-state index contributed by atoms with van der Waals surface area (Å²) in [7, 11) is 0. The van der Waals surface area contributed by atoms with E-state index in [1.165, 1.54) is 12.1 Å². The third kappa shape index (κ3) is 4.63. The molecule has 1 saturated heterocycles. The summed E-state index contributed by atoms with van der Waals surface area (Å²) in [6, 6.07) is 6.56. The van der Waals surface area contributed by atoms with Crippen LogP contribution >= 0.6 is 0 Å². The zero-order valence-corrected chi connectivity index (χ0v) is 17.1. The number of aromatic nitrogens is 2. The SMILES string of the molecule is Cc1cc(C(=O)N2CCN(Cc3nc(-c4cccc(C(F)(F)F)c4)no3)CC2)c(C)o1. The fourth-order valence-corrected chi connectivity index (χ4v) is 3.58. The zero-order chi connectivity index (χ0) is 22.2. The fourth-order valence-electron chi connectivity index (χ4n) is 3.58. The van der Waals surface area contributed by atoms with Gasteiger partial charge < -0.3 is 13.8 Å². The quantitative estimate of drug-likeness (QED) is 0.620. The van der Waals surface area contributed by atoms with Crippen molar-refractivity contribution in [3.05, 3.63) is 58.9 Å². The van der Waals surface area contributed by atoms with Crippen molar-refractivity contribution in [3.63, 3.8) is 0 Å². The van der Waals surface area contributed by atoms with E-state index in [9.17, 15) is 18.0 Å². The summed E-state index contributed by atoms with van der Waals surface area (Å²) in [5.74, 6) is 1.68. The van der Waals surface area contributed by atoms with Gasteiger partial charge in [0.25, 0.3) is 5.91 Å². The van der Waals surface area contributed by atoms with Crippen LogP contribution in [0.5, 0.6) is 0 Å². The van der Waals surface area contributed by atoms with Gasteiger partial charge in [-0.05, 0) is 32.0 Å². The monoisotopic (exact) mass is 434 g/mol. The molecule has 0 aliphatic carbocycles. The van der Waals surface area contributed by atoms with Crippen molar-refractivity contribution in [2.45, 2.75) is 26.6 Å². The summed E-state index contributed by atoms with van der Waals surface area (Å²) < 4.78 is 49.4. The maximum Gasteiger partial charge on any atom is 0.416 e. The van der Waals surface area contributed by atoms with Crippen LogP contribution in [-0.4, -0.2) is 52.0 Å².